The Morgan fingerprint density at radius 2 is 1.84 bits per heavy atom. The van der Waals surface area contributed by atoms with Crippen LogP contribution in [0.25, 0.3) is 22.6 Å². The molecule has 0 aliphatic carbocycles. The number of hydrogen-bond donors (Lipinski definition) is 2. The first-order valence-electron chi connectivity index (χ1n) is 9.62. The molecule has 0 radical (unpaired) electrons. The van der Waals surface area contributed by atoms with Crippen LogP contribution in [-0.2, 0) is 16.0 Å². The molecule has 2 heterocycles. The van der Waals surface area contributed by atoms with Gasteiger partial charge < -0.3 is 19.8 Å². The van der Waals surface area contributed by atoms with Gasteiger partial charge in [0.05, 0.1) is 7.11 Å². The van der Waals surface area contributed by atoms with Gasteiger partial charge in [0.25, 0.3) is 0 Å². The molecule has 4 rings (SSSR count). The van der Waals surface area contributed by atoms with Gasteiger partial charge in [-0.15, -0.1) is 0 Å². The molecule has 2 aromatic carbocycles. The molecule has 0 bridgehead atoms. The second-order valence-electron chi connectivity index (χ2n) is 6.80. The van der Waals surface area contributed by atoms with Gasteiger partial charge in [0.1, 0.15) is 11.6 Å². The van der Waals surface area contributed by atoms with Crippen LogP contribution in [0.4, 0.5) is 10.5 Å². The lowest BCUT2D eigenvalue weighted by atomic mass is 10.1. The van der Waals surface area contributed by atoms with Crippen molar-refractivity contribution in [3.8, 4) is 11.5 Å². The zero-order valence-electron chi connectivity index (χ0n) is 16.7. The normalized spacial score (nSPS) is 11.6. The van der Waals surface area contributed by atoms with Crippen molar-refractivity contribution >= 4 is 28.8 Å². The monoisotopic (exact) mass is 416 g/mol. The molecule has 0 aliphatic heterocycles. The average Bonchev–Trinajstić information content (AvgIpc) is 3.23. The van der Waals surface area contributed by atoms with Gasteiger partial charge in [-0.05, 0) is 35.9 Å². The van der Waals surface area contributed by atoms with E-state index >= 15 is 0 Å². The largest absolute Gasteiger partial charge is 0.467 e. The summed E-state index contributed by atoms with van der Waals surface area (Å²) in [5.74, 6) is -0.0550. The SMILES string of the molecule is COC(=O)C(Cc1ccccc1)NC(=O)Nc1ccc2oc(-c3ccncc3)nc2c1. The molecule has 31 heavy (non-hydrogen) atoms. The summed E-state index contributed by atoms with van der Waals surface area (Å²) >= 11 is 0. The van der Waals surface area contributed by atoms with Crippen molar-refractivity contribution in [2.45, 2.75) is 12.5 Å². The smallest absolute Gasteiger partial charge is 0.328 e. The van der Waals surface area contributed by atoms with E-state index in [0.29, 0.717) is 29.1 Å². The first-order chi connectivity index (χ1) is 15.1. The van der Waals surface area contributed by atoms with Crippen molar-refractivity contribution in [3.05, 3.63) is 78.6 Å². The van der Waals surface area contributed by atoms with Gasteiger partial charge in [0.2, 0.25) is 5.89 Å². The quantitative estimate of drug-likeness (QED) is 0.463. The van der Waals surface area contributed by atoms with E-state index in [1.54, 1.807) is 42.7 Å². The summed E-state index contributed by atoms with van der Waals surface area (Å²) in [4.78, 5) is 33.1. The molecule has 8 nitrogen and oxygen atoms in total. The van der Waals surface area contributed by atoms with E-state index in [-0.39, 0.29) is 0 Å². The number of esters is 1. The summed E-state index contributed by atoms with van der Waals surface area (Å²) in [6.45, 7) is 0. The van der Waals surface area contributed by atoms with Crippen molar-refractivity contribution in [2.24, 2.45) is 0 Å². The van der Waals surface area contributed by atoms with Gasteiger partial charge in [-0.2, -0.15) is 0 Å². The van der Waals surface area contributed by atoms with E-state index in [2.05, 4.69) is 20.6 Å². The highest BCUT2D eigenvalue weighted by atomic mass is 16.5. The van der Waals surface area contributed by atoms with Crippen LogP contribution in [0, 0.1) is 0 Å². The summed E-state index contributed by atoms with van der Waals surface area (Å²) in [5.41, 5.74) is 3.42. The van der Waals surface area contributed by atoms with E-state index in [9.17, 15) is 9.59 Å². The first kappa shape index (κ1) is 20.1. The van der Waals surface area contributed by atoms with Crippen LogP contribution in [0.5, 0.6) is 0 Å². The molecular weight excluding hydrogens is 396 g/mol. The Morgan fingerprint density at radius 1 is 1.06 bits per heavy atom. The fourth-order valence-corrected chi connectivity index (χ4v) is 3.13. The van der Waals surface area contributed by atoms with Gasteiger partial charge >= 0.3 is 12.0 Å². The number of nitrogens with zero attached hydrogens (tertiary/aromatic N) is 2. The van der Waals surface area contributed by atoms with E-state index in [1.807, 2.05) is 30.3 Å². The van der Waals surface area contributed by atoms with Crippen LogP contribution in [0.15, 0.2) is 77.5 Å². The molecule has 0 aliphatic rings. The molecule has 2 amide bonds. The molecule has 2 N–H and O–H groups in total. The topological polar surface area (TPSA) is 106 Å². The molecule has 1 atom stereocenters. The summed E-state index contributed by atoms with van der Waals surface area (Å²) in [6, 6.07) is 16.8. The number of urea groups is 1. The summed E-state index contributed by atoms with van der Waals surface area (Å²) in [5, 5.41) is 5.40. The van der Waals surface area contributed by atoms with Gasteiger partial charge in [-0.3, -0.25) is 4.98 Å². The zero-order valence-corrected chi connectivity index (χ0v) is 16.7. The highest BCUT2D eigenvalue weighted by Gasteiger charge is 2.22. The van der Waals surface area contributed by atoms with Crippen LogP contribution >= 0.6 is 0 Å². The number of pyridine rings is 1. The number of hydrogen-bond acceptors (Lipinski definition) is 6. The van der Waals surface area contributed by atoms with Crippen molar-refractivity contribution in [3.63, 3.8) is 0 Å². The number of ether oxygens (including phenoxy) is 1. The van der Waals surface area contributed by atoms with Gasteiger partial charge in [-0.25, -0.2) is 14.6 Å². The maximum absolute atomic E-state index is 12.5. The number of rotatable bonds is 6. The minimum absolute atomic E-state index is 0.318. The van der Waals surface area contributed by atoms with E-state index < -0.39 is 18.0 Å². The Morgan fingerprint density at radius 3 is 2.58 bits per heavy atom. The summed E-state index contributed by atoms with van der Waals surface area (Å²) in [6.07, 6.45) is 3.64. The number of methoxy groups -OCH3 is 1. The van der Waals surface area contributed by atoms with Crippen molar-refractivity contribution in [1.82, 2.24) is 15.3 Å². The maximum Gasteiger partial charge on any atom is 0.328 e. The molecule has 1 unspecified atom stereocenters. The molecule has 156 valence electrons. The molecule has 8 heteroatoms. The molecule has 4 aromatic rings. The number of amides is 2. The molecule has 0 fully saturated rings. The lowest BCUT2D eigenvalue weighted by Crippen LogP contribution is -2.45. The predicted molar refractivity (Wildman–Crippen MR) is 115 cm³/mol. The van der Waals surface area contributed by atoms with Gasteiger partial charge in [0, 0.05) is 30.1 Å². The second-order valence-corrected chi connectivity index (χ2v) is 6.80. The van der Waals surface area contributed by atoms with Crippen LogP contribution in [-0.4, -0.2) is 35.1 Å². The van der Waals surface area contributed by atoms with Crippen molar-refractivity contribution < 1.29 is 18.7 Å². The molecule has 2 aromatic heterocycles. The van der Waals surface area contributed by atoms with E-state index in [4.69, 9.17) is 9.15 Å². The van der Waals surface area contributed by atoms with E-state index in [0.717, 1.165) is 11.1 Å². The lowest BCUT2D eigenvalue weighted by molar-refractivity contribution is -0.142. The van der Waals surface area contributed by atoms with Crippen molar-refractivity contribution in [1.29, 1.82) is 0 Å². The number of benzene rings is 2. The lowest BCUT2D eigenvalue weighted by Gasteiger charge is -2.17. The first-order valence-corrected chi connectivity index (χ1v) is 9.62. The zero-order chi connectivity index (χ0) is 21.6. The van der Waals surface area contributed by atoms with Gasteiger partial charge in [-0.1, -0.05) is 30.3 Å². The summed E-state index contributed by atoms with van der Waals surface area (Å²) in [7, 11) is 1.29. The van der Waals surface area contributed by atoms with Gasteiger partial charge in [0.15, 0.2) is 5.58 Å². The third kappa shape index (κ3) is 4.87. The molecular formula is C23H20N4O4. The minimum Gasteiger partial charge on any atom is -0.467 e. The van der Waals surface area contributed by atoms with E-state index in [1.165, 1.54) is 7.11 Å². The number of nitrogens with one attached hydrogen (secondary N) is 2. The Kier molecular flexibility index (Phi) is 5.89. The molecule has 0 saturated carbocycles. The number of carbonyl (C=O) groups is 2. The molecule has 0 saturated heterocycles. The Bertz CT molecular complexity index is 1190. The number of anilines is 1. The minimum atomic E-state index is -0.818. The maximum atomic E-state index is 12.5. The highest BCUT2D eigenvalue weighted by molar-refractivity contribution is 5.94. The number of oxazole rings is 1. The van der Waals surface area contributed by atoms with Crippen LogP contribution in [0.1, 0.15) is 5.56 Å². The average molecular weight is 416 g/mol. The Hall–Kier alpha value is -4.20. The third-order valence-electron chi connectivity index (χ3n) is 4.65. The number of carbonyl (C=O) groups excluding carboxylic acids is 2. The Labute approximate surface area is 178 Å². The highest BCUT2D eigenvalue weighted by Crippen LogP contribution is 2.25. The number of fused-ring (bicyclic) bond motifs is 1. The van der Waals surface area contributed by atoms with Crippen LogP contribution in [0.2, 0.25) is 0 Å². The predicted octanol–water partition coefficient (Wildman–Crippen LogP) is 3.80. The second kappa shape index (κ2) is 9.08. The Balaban J connectivity index is 1.47. The van der Waals surface area contributed by atoms with Crippen molar-refractivity contribution in [2.75, 3.05) is 12.4 Å². The standard InChI is InChI=1S/C23H20N4O4/c1-30-22(28)19(13-15-5-3-2-4-6-15)27-23(29)25-17-7-8-20-18(14-17)26-21(31-20)16-9-11-24-12-10-16/h2-12,14,19H,13H2,1H3,(H2,25,27,29). The third-order valence-corrected chi connectivity index (χ3v) is 4.65. The molecule has 0 spiro atoms. The fourth-order valence-electron chi connectivity index (χ4n) is 3.13. The fraction of sp³-hybridized carbons (Fsp3) is 0.130. The summed E-state index contributed by atoms with van der Waals surface area (Å²) < 4.78 is 10.6. The van der Waals surface area contributed by atoms with Crippen LogP contribution < -0.4 is 10.6 Å². The van der Waals surface area contributed by atoms with Crippen LogP contribution in [0.3, 0.4) is 0 Å². The number of aromatic nitrogens is 2.